The third-order valence-electron chi connectivity index (χ3n) is 4.13. The fraction of sp³-hybridized carbons (Fsp3) is 0.389. The molecule has 0 bridgehead atoms. The number of thioether (sulfide) groups is 2. The topological polar surface area (TPSA) is 105 Å². The van der Waals surface area contributed by atoms with Crippen LogP contribution in [-0.2, 0) is 19.1 Å². The maximum absolute atomic E-state index is 12.5. The highest BCUT2D eigenvalue weighted by Gasteiger charge is 2.54. The van der Waals surface area contributed by atoms with E-state index in [-0.39, 0.29) is 12.3 Å². The summed E-state index contributed by atoms with van der Waals surface area (Å²) in [4.78, 5) is 38.3. The van der Waals surface area contributed by atoms with Crippen molar-refractivity contribution in [1.82, 2.24) is 10.2 Å². The van der Waals surface area contributed by atoms with Crippen molar-refractivity contribution in [3.05, 3.63) is 40.9 Å². The highest BCUT2D eigenvalue weighted by atomic mass is 32.2. The Bertz CT molecular complexity index is 786. The van der Waals surface area contributed by atoms with E-state index >= 15 is 0 Å². The molecule has 0 aliphatic carbocycles. The summed E-state index contributed by atoms with van der Waals surface area (Å²) in [6.07, 6.45) is 0. The number of methoxy groups -OCH3 is 1. The normalized spacial score (nSPS) is 21.0. The lowest BCUT2D eigenvalue weighted by Crippen LogP contribution is -2.70. The molecule has 0 saturated carbocycles. The molecular formula is C18H20N2O6S2. The molecule has 0 aromatic heterocycles. The highest BCUT2D eigenvalue weighted by Crippen LogP contribution is 2.43. The first-order valence-electron chi connectivity index (χ1n) is 8.53. The Kier molecular flexibility index (Phi) is 6.87. The molecule has 10 heteroatoms. The average Bonchev–Trinajstić information content (AvgIpc) is 2.70. The lowest BCUT2D eigenvalue weighted by atomic mass is 10.1. The van der Waals surface area contributed by atoms with E-state index in [0.717, 1.165) is 0 Å². The van der Waals surface area contributed by atoms with Gasteiger partial charge in [0, 0.05) is 23.5 Å². The largest absolute Gasteiger partial charge is 0.484 e. The molecule has 1 saturated heterocycles. The Labute approximate surface area is 170 Å². The van der Waals surface area contributed by atoms with Gasteiger partial charge in [-0.15, -0.1) is 23.5 Å². The van der Waals surface area contributed by atoms with Crippen molar-refractivity contribution in [2.24, 2.45) is 0 Å². The van der Waals surface area contributed by atoms with Crippen molar-refractivity contribution < 1.29 is 29.0 Å². The first kappa shape index (κ1) is 20.6. The summed E-state index contributed by atoms with van der Waals surface area (Å²) in [6.45, 7) is 0.272. The summed E-state index contributed by atoms with van der Waals surface area (Å²) >= 11 is 2.81. The van der Waals surface area contributed by atoms with Crippen molar-refractivity contribution in [3.8, 4) is 5.75 Å². The van der Waals surface area contributed by atoms with Gasteiger partial charge in [-0.05, 0) is 12.1 Å². The molecule has 8 nitrogen and oxygen atoms in total. The van der Waals surface area contributed by atoms with Crippen molar-refractivity contribution >= 4 is 41.3 Å². The fourth-order valence-corrected chi connectivity index (χ4v) is 5.38. The number of carbonyl (C=O) groups is 3. The fourth-order valence-electron chi connectivity index (χ4n) is 2.83. The van der Waals surface area contributed by atoms with Crippen LogP contribution in [0, 0.1) is 0 Å². The number of nitrogens with one attached hydrogen (secondary N) is 1. The van der Waals surface area contributed by atoms with Crippen molar-refractivity contribution in [2.45, 2.75) is 11.4 Å². The van der Waals surface area contributed by atoms with Crippen LogP contribution in [0.25, 0.3) is 0 Å². The molecule has 2 heterocycles. The Morgan fingerprint density at radius 2 is 2.11 bits per heavy atom. The molecule has 0 radical (unpaired) electrons. The Morgan fingerprint density at radius 3 is 2.79 bits per heavy atom. The monoisotopic (exact) mass is 424 g/mol. The second kappa shape index (κ2) is 9.35. The first-order valence-corrected chi connectivity index (χ1v) is 10.6. The van der Waals surface area contributed by atoms with E-state index in [1.54, 1.807) is 31.4 Å². The molecule has 2 N–H and O–H groups in total. The zero-order valence-corrected chi connectivity index (χ0v) is 16.8. The van der Waals surface area contributed by atoms with E-state index in [1.165, 1.54) is 28.4 Å². The molecule has 28 heavy (non-hydrogen) atoms. The number of carboxylic acids is 1. The average molecular weight is 425 g/mol. The van der Waals surface area contributed by atoms with E-state index in [0.29, 0.717) is 28.8 Å². The Hall–Kier alpha value is -2.17. The molecule has 150 valence electrons. The summed E-state index contributed by atoms with van der Waals surface area (Å²) in [7, 11) is 1.58. The number of carboxylic acid groups (broad SMARTS) is 1. The zero-order valence-electron chi connectivity index (χ0n) is 15.1. The van der Waals surface area contributed by atoms with Gasteiger partial charge in [0.05, 0.1) is 6.61 Å². The Morgan fingerprint density at radius 1 is 1.36 bits per heavy atom. The number of fused-ring (bicyclic) bond motifs is 1. The van der Waals surface area contributed by atoms with Crippen LogP contribution < -0.4 is 10.1 Å². The number of β-lactam (4-membered cyclic amide) rings is 1. The van der Waals surface area contributed by atoms with Gasteiger partial charge in [-0.2, -0.15) is 0 Å². The molecule has 2 amide bonds. The van der Waals surface area contributed by atoms with E-state index in [1.807, 2.05) is 6.07 Å². The molecule has 1 aromatic rings. The van der Waals surface area contributed by atoms with Crippen LogP contribution in [0.2, 0.25) is 0 Å². The van der Waals surface area contributed by atoms with Crippen molar-refractivity contribution in [3.63, 3.8) is 0 Å². The van der Waals surface area contributed by atoms with Crippen LogP contribution >= 0.6 is 23.5 Å². The van der Waals surface area contributed by atoms with Crippen molar-refractivity contribution in [2.75, 3.05) is 31.8 Å². The zero-order chi connectivity index (χ0) is 20.1. The summed E-state index contributed by atoms with van der Waals surface area (Å²) in [5.41, 5.74) is 0.000822. The number of para-hydroxylation sites is 1. The maximum Gasteiger partial charge on any atom is 0.353 e. The quantitative estimate of drug-likeness (QED) is 0.449. The molecule has 0 spiro atoms. The number of carbonyl (C=O) groups excluding carboxylic acids is 2. The smallest absolute Gasteiger partial charge is 0.353 e. The first-order chi connectivity index (χ1) is 13.5. The van der Waals surface area contributed by atoms with Gasteiger partial charge in [-0.25, -0.2) is 4.79 Å². The minimum Gasteiger partial charge on any atom is -0.484 e. The second-order valence-electron chi connectivity index (χ2n) is 5.97. The van der Waals surface area contributed by atoms with Crippen LogP contribution in [0.5, 0.6) is 5.75 Å². The van der Waals surface area contributed by atoms with E-state index in [9.17, 15) is 19.5 Å². The number of aliphatic carboxylic acids is 1. The van der Waals surface area contributed by atoms with Gasteiger partial charge >= 0.3 is 5.97 Å². The molecule has 3 rings (SSSR count). The second-order valence-corrected chi connectivity index (χ2v) is 8.27. The maximum atomic E-state index is 12.5. The van der Waals surface area contributed by atoms with Gasteiger partial charge < -0.3 is 19.9 Å². The number of amides is 2. The summed E-state index contributed by atoms with van der Waals surface area (Å²) < 4.78 is 10.4. The van der Waals surface area contributed by atoms with Crippen LogP contribution in [0.1, 0.15) is 0 Å². The lowest BCUT2D eigenvalue weighted by molar-refractivity contribution is -0.150. The van der Waals surface area contributed by atoms with Gasteiger partial charge in [0.25, 0.3) is 11.8 Å². The third-order valence-corrected chi connectivity index (χ3v) is 6.65. The minimum atomic E-state index is -1.14. The lowest BCUT2D eigenvalue weighted by Gasteiger charge is -2.49. The van der Waals surface area contributed by atoms with Crippen LogP contribution in [0.4, 0.5) is 0 Å². The van der Waals surface area contributed by atoms with Gasteiger partial charge in [-0.3, -0.25) is 14.5 Å². The molecule has 2 atom stereocenters. The number of ether oxygens (including phenoxy) is 2. The summed E-state index contributed by atoms with van der Waals surface area (Å²) in [5.74, 6) is -0.364. The number of rotatable bonds is 9. The van der Waals surface area contributed by atoms with Crippen LogP contribution in [0.3, 0.4) is 0 Å². The van der Waals surface area contributed by atoms with Gasteiger partial charge in [0.15, 0.2) is 6.61 Å². The third kappa shape index (κ3) is 4.45. The van der Waals surface area contributed by atoms with Crippen LogP contribution in [-0.4, -0.2) is 71.0 Å². The van der Waals surface area contributed by atoms with E-state index in [4.69, 9.17) is 9.47 Å². The van der Waals surface area contributed by atoms with Crippen LogP contribution in [0.15, 0.2) is 40.9 Å². The number of hydrogen-bond acceptors (Lipinski definition) is 7. The standard InChI is InChI=1S/C18H20N2O6S2/c1-25-7-8-27-12-10-28-17-14(16(22)20(17)15(12)18(23)24)19-13(21)9-26-11-5-3-2-4-6-11/h2-6,14,17H,7-10H2,1H3,(H,19,21)(H,23,24)/t14-,17-/m1/s1. The molecule has 2 aliphatic rings. The summed E-state index contributed by atoms with van der Waals surface area (Å²) in [6, 6.07) is 8.13. The summed E-state index contributed by atoms with van der Waals surface area (Å²) in [5, 5.41) is 11.8. The van der Waals surface area contributed by atoms with Gasteiger partial charge in [0.2, 0.25) is 0 Å². The molecular weight excluding hydrogens is 404 g/mol. The number of hydrogen-bond donors (Lipinski definition) is 2. The number of nitrogens with zero attached hydrogens (tertiary/aromatic N) is 1. The molecule has 1 fully saturated rings. The predicted molar refractivity (Wildman–Crippen MR) is 106 cm³/mol. The SMILES string of the molecule is COCCSC1=C(C(=O)O)N2C(=O)[C@@H](NC(=O)COc3ccccc3)[C@H]2SC1. The minimum absolute atomic E-state index is 0.000822. The predicted octanol–water partition coefficient (Wildman–Crippen LogP) is 1.14. The highest BCUT2D eigenvalue weighted by molar-refractivity contribution is 8.06. The Balaban J connectivity index is 1.60. The van der Waals surface area contributed by atoms with Gasteiger partial charge in [-0.1, -0.05) is 18.2 Å². The number of benzene rings is 1. The van der Waals surface area contributed by atoms with E-state index < -0.39 is 29.2 Å². The van der Waals surface area contributed by atoms with E-state index in [2.05, 4.69) is 5.32 Å². The van der Waals surface area contributed by atoms with Crippen molar-refractivity contribution in [1.29, 1.82) is 0 Å². The molecule has 1 aromatic carbocycles. The molecule has 2 aliphatic heterocycles. The molecule has 0 unspecified atom stereocenters. The van der Waals surface area contributed by atoms with Gasteiger partial charge in [0.1, 0.15) is 22.9 Å².